The van der Waals surface area contributed by atoms with Crippen LogP contribution in [0.4, 0.5) is 0 Å². The first kappa shape index (κ1) is 31.7. The molecule has 0 saturated carbocycles. The molecule has 16 nitrogen and oxygen atoms in total. The number of ether oxygens (including phenoxy) is 5. The fourth-order valence-corrected chi connectivity index (χ4v) is 5.01. The SMILES string of the molecule is COc1ccc(-c2oc3cc(O)cc(O)c3c(=O)c2OC2OC(COC3OC(C)C(O)C(O)C3O)C(O)C(O)C2O)cc1O. The summed E-state index contributed by atoms with van der Waals surface area (Å²) in [5.41, 5.74) is -1.19. The first-order chi connectivity index (χ1) is 20.8. The van der Waals surface area contributed by atoms with Crippen LogP contribution in [-0.2, 0) is 14.2 Å². The van der Waals surface area contributed by atoms with Gasteiger partial charge in [-0.05, 0) is 25.1 Å². The summed E-state index contributed by atoms with van der Waals surface area (Å²) in [4.78, 5) is 13.7. The van der Waals surface area contributed by atoms with Crippen molar-refractivity contribution in [2.45, 2.75) is 68.3 Å². The van der Waals surface area contributed by atoms with Crippen LogP contribution in [0.15, 0.2) is 39.5 Å². The summed E-state index contributed by atoms with van der Waals surface area (Å²) in [7, 11) is 1.32. The van der Waals surface area contributed by atoms with Gasteiger partial charge in [-0.3, -0.25) is 4.79 Å². The zero-order chi connectivity index (χ0) is 32.0. The van der Waals surface area contributed by atoms with Gasteiger partial charge in [0.25, 0.3) is 0 Å². The van der Waals surface area contributed by atoms with Crippen LogP contribution in [0.1, 0.15) is 6.92 Å². The molecular formula is C28H32O16. The van der Waals surface area contributed by atoms with Crippen molar-refractivity contribution in [1.29, 1.82) is 0 Å². The molecule has 2 aliphatic rings. The normalized spacial score (nSPS) is 32.5. The molecule has 9 N–H and O–H groups in total. The van der Waals surface area contributed by atoms with Gasteiger partial charge in [-0.1, -0.05) is 0 Å². The topological polar surface area (TPSA) is 258 Å². The summed E-state index contributed by atoms with van der Waals surface area (Å²) in [5, 5.41) is 92.3. The summed E-state index contributed by atoms with van der Waals surface area (Å²) in [6, 6.07) is 5.88. The Balaban J connectivity index is 1.48. The molecule has 0 spiro atoms. The summed E-state index contributed by atoms with van der Waals surface area (Å²) < 4.78 is 33.1. The Morgan fingerprint density at radius 2 is 1.48 bits per heavy atom. The van der Waals surface area contributed by atoms with E-state index in [2.05, 4.69) is 0 Å². The van der Waals surface area contributed by atoms with Crippen LogP contribution in [0.5, 0.6) is 28.7 Å². The minimum absolute atomic E-state index is 0.0594. The Bertz CT molecular complexity index is 1560. The highest BCUT2D eigenvalue weighted by Crippen LogP contribution is 2.39. The molecular weight excluding hydrogens is 592 g/mol. The van der Waals surface area contributed by atoms with E-state index in [9.17, 15) is 50.8 Å². The van der Waals surface area contributed by atoms with Crippen LogP contribution in [0.3, 0.4) is 0 Å². The maximum absolute atomic E-state index is 13.7. The van der Waals surface area contributed by atoms with E-state index in [0.29, 0.717) is 0 Å². The lowest BCUT2D eigenvalue weighted by Crippen LogP contribution is -2.61. The van der Waals surface area contributed by atoms with E-state index in [-0.39, 0.29) is 28.4 Å². The molecule has 44 heavy (non-hydrogen) atoms. The average Bonchev–Trinajstić information content (AvgIpc) is 2.98. The number of rotatable bonds is 7. The molecule has 1 aromatic heterocycles. The molecule has 5 rings (SSSR count). The second-order valence-corrected chi connectivity index (χ2v) is 10.5. The molecule has 16 heteroatoms. The van der Waals surface area contributed by atoms with Crippen molar-refractivity contribution in [3.05, 3.63) is 40.6 Å². The van der Waals surface area contributed by atoms with Crippen molar-refractivity contribution in [3.63, 3.8) is 0 Å². The molecule has 2 saturated heterocycles. The van der Waals surface area contributed by atoms with Crippen molar-refractivity contribution in [3.8, 4) is 40.1 Å². The predicted octanol–water partition coefficient (Wildman–Crippen LogP) is -1.38. The molecule has 10 unspecified atom stereocenters. The third-order valence-electron chi connectivity index (χ3n) is 7.49. The molecule has 0 amide bonds. The van der Waals surface area contributed by atoms with E-state index in [0.717, 1.165) is 12.1 Å². The highest BCUT2D eigenvalue weighted by Gasteiger charge is 2.47. The number of fused-ring (bicyclic) bond motifs is 1. The highest BCUT2D eigenvalue weighted by molar-refractivity contribution is 5.88. The maximum atomic E-state index is 13.7. The average molecular weight is 625 g/mol. The van der Waals surface area contributed by atoms with Crippen LogP contribution in [0, 0.1) is 0 Å². The number of benzene rings is 2. The van der Waals surface area contributed by atoms with Gasteiger partial charge in [-0.15, -0.1) is 0 Å². The van der Waals surface area contributed by atoms with E-state index in [4.69, 9.17) is 28.1 Å². The van der Waals surface area contributed by atoms with Crippen LogP contribution in [0.2, 0.25) is 0 Å². The number of aliphatic hydroxyl groups excluding tert-OH is 6. The zero-order valence-corrected chi connectivity index (χ0v) is 23.3. The van der Waals surface area contributed by atoms with E-state index < -0.39 is 96.1 Å². The number of methoxy groups -OCH3 is 1. The number of phenolic OH excluding ortho intramolecular Hbond substituents is 3. The van der Waals surface area contributed by atoms with Gasteiger partial charge >= 0.3 is 0 Å². The van der Waals surface area contributed by atoms with Gasteiger partial charge < -0.3 is 74.1 Å². The van der Waals surface area contributed by atoms with Gasteiger partial charge in [-0.25, -0.2) is 0 Å². The number of aromatic hydroxyl groups is 3. The number of hydrogen-bond acceptors (Lipinski definition) is 16. The third-order valence-corrected chi connectivity index (χ3v) is 7.49. The van der Waals surface area contributed by atoms with Crippen molar-refractivity contribution < 1.29 is 74.1 Å². The summed E-state index contributed by atoms with van der Waals surface area (Å²) in [6.45, 7) is 0.841. The molecule has 0 aliphatic carbocycles. The van der Waals surface area contributed by atoms with Crippen LogP contribution >= 0.6 is 0 Å². The molecule has 3 heterocycles. The van der Waals surface area contributed by atoms with E-state index in [1.165, 1.54) is 32.2 Å². The largest absolute Gasteiger partial charge is 0.508 e. The van der Waals surface area contributed by atoms with Gasteiger partial charge in [0.15, 0.2) is 23.5 Å². The number of hydrogen-bond donors (Lipinski definition) is 9. The summed E-state index contributed by atoms with van der Waals surface area (Å²) in [6.07, 6.45) is -16.0. The van der Waals surface area contributed by atoms with E-state index in [1.807, 2.05) is 0 Å². The molecule has 2 aromatic carbocycles. The molecule has 240 valence electrons. The van der Waals surface area contributed by atoms with Crippen LogP contribution < -0.4 is 14.9 Å². The van der Waals surface area contributed by atoms with Crippen molar-refractivity contribution in [2.24, 2.45) is 0 Å². The third kappa shape index (κ3) is 5.74. The lowest BCUT2D eigenvalue weighted by molar-refractivity contribution is -0.318. The predicted molar refractivity (Wildman–Crippen MR) is 145 cm³/mol. The van der Waals surface area contributed by atoms with Crippen molar-refractivity contribution >= 4 is 11.0 Å². The number of aliphatic hydroxyl groups is 6. The highest BCUT2D eigenvalue weighted by atomic mass is 16.7. The van der Waals surface area contributed by atoms with Crippen LogP contribution in [0.25, 0.3) is 22.3 Å². The Morgan fingerprint density at radius 1 is 0.795 bits per heavy atom. The first-order valence-corrected chi connectivity index (χ1v) is 13.4. The van der Waals surface area contributed by atoms with E-state index in [1.54, 1.807) is 0 Å². The number of phenols is 3. The lowest BCUT2D eigenvalue weighted by atomic mass is 9.98. The second-order valence-electron chi connectivity index (χ2n) is 10.5. The van der Waals surface area contributed by atoms with Crippen molar-refractivity contribution in [1.82, 2.24) is 0 Å². The second kappa shape index (κ2) is 12.4. The molecule has 3 aromatic rings. The maximum Gasteiger partial charge on any atom is 0.239 e. The zero-order valence-electron chi connectivity index (χ0n) is 23.3. The van der Waals surface area contributed by atoms with Gasteiger partial charge in [0, 0.05) is 17.7 Å². The van der Waals surface area contributed by atoms with E-state index >= 15 is 0 Å². The molecule has 2 fully saturated rings. The van der Waals surface area contributed by atoms with Gasteiger partial charge in [0.1, 0.15) is 65.2 Å². The summed E-state index contributed by atoms with van der Waals surface area (Å²) >= 11 is 0. The molecule has 2 aliphatic heterocycles. The first-order valence-electron chi connectivity index (χ1n) is 13.4. The Labute approximate surface area is 248 Å². The minimum Gasteiger partial charge on any atom is -0.508 e. The van der Waals surface area contributed by atoms with Crippen LogP contribution in [-0.4, -0.2) is 121 Å². The Hall–Kier alpha value is -3.71. The Morgan fingerprint density at radius 3 is 2.16 bits per heavy atom. The lowest BCUT2D eigenvalue weighted by Gasteiger charge is -2.42. The van der Waals surface area contributed by atoms with Gasteiger partial charge in [0.05, 0.1) is 19.8 Å². The monoisotopic (exact) mass is 624 g/mol. The standard InChI is InChI=1S/C28H32O16/c1-9-18(32)21(35)23(37)27(41-9)40-8-16-19(33)22(36)24(38)28(43-16)44-26-20(34)17-13(31)6-11(29)7-15(17)42-25(26)10-3-4-14(39-2)12(30)5-10/h3-7,9,16,18-19,21-24,27-33,35-38H,8H2,1-2H3. The fourth-order valence-electron chi connectivity index (χ4n) is 5.01. The minimum atomic E-state index is -1.95. The summed E-state index contributed by atoms with van der Waals surface area (Å²) in [5.74, 6) is -2.33. The quantitative estimate of drug-likeness (QED) is 0.147. The van der Waals surface area contributed by atoms with Gasteiger partial charge in [0.2, 0.25) is 17.5 Å². The van der Waals surface area contributed by atoms with Crippen molar-refractivity contribution in [2.75, 3.05) is 13.7 Å². The smallest absolute Gasteiger partial charge is 0.239 e. The van der Waals surface area contributed by atoms with Gasteiger partial charge in [-0.2, -0.15) is 0 Å². The molecule has 0 bridgehead atoms. The Kier molecular flexibility index (Phi) is 8.90. The fraction of sp³-hybridized carbons (Fsp3) is 0.464. The molecule has 10 atom stereocenters. The molecule has 0 radical (unpaired) electrons.